The maximum Gasteiger partial charge on any atom is 0.0912 e. The topological polar surface area (TPSA) is 24.1 Å². The summed E-state index contributed by atoms with van der Waals surface area (Å²) in [5.74, 6) is 0.918. The van der Waals surface area contributed by atoms with Crippen molar-refractivity contribution in [3.05, 3.63) is 89.3 Å². The van der Waals surface area contributed by atoms with Crippen LogP contribution in [0.4, 0.5) is 0 Å². The number of fused-ring (bicyclic) bond motifs is 2. The molecule has 2 nitrogen and oxygen atoms in total. The van der Waals surface area contributed by atoms with Gasteiger partial charge in [0.15, 0.2) is 0 Å². The van der Waals surface area contributed by atoms with E-state index in [0.29, 0.717) is 0 Å². The summed E-state index contributed by atoms with van der Waals surface area (Å²) in [6.07, 6.45) is 6.69. The molecule has 0 fully saturated rings. The van der Waals surface area contributed by atoms with Gasteiger partial charge in [-0.15, -0.1) is 0 Å². The summed E-state index contributed by atoms with van der Waals surface area (Å²) >= 11 is 0. The average Bonchev–Trinajstić information content (AvgIpc) is 2.81. The van der Waals surface area contributed by atoms with Gasteiger partial charge in [0.25, 0.3) is 0 Å². The normalized spacial score (nSPS) is 12.6. The van der Waals surface area contributed by atoms with Crippen LogP contribution in [0.15, 0.2) is 67.0 Å². The van der Waals surface area contributed by atoms with Gasteiger partial charge in [-0.2, -0.15) is 0 Å². The van der Waals surface area contributed by atoms with E-state index in [-0.39, 0.29) is 0 Å². The maximum absolute atomic E-state index is 4.02. The maximum atomic E-state index is 4.02. The van der Waals surface area contributed by atoms with Gasteiger partial charge >= 0.3 is 0 Å². The molecule has 0 atom stereocenters. The van der Waals surface area contributed by atoms with E-state index in [4.69, 9.17) is 0 Å². The van der Waals surface area contributed by atoms with Gasteiger partial charge < -0.3 is 10.6 Å². The smallest absolute Gasteiger partial charge is 0.0912 e. The van der Waals surface area contributed by atoms with Gasteiger partial charge in [0.2, 0.25) is 0 Å². The average molecular weight is 332 g/mol. The number of aryl methyl sites for hydroxylation is 2. The molecule has 0 heterocycles. The summed E-state index contributed by atoms with van der Waals surface area (Å²) < 4.78 is 0. The standard InChI is InChI=1S/C23H28N2/c1-3-16-24-18(2)25-17-8-13-23-21-11-6-4-9-19(21)14-15-20-10-5-7-12-22(20)23/h4-7,9-13,24-25H,2-3,8,14-17H2,1H3. The van der Waals surface area contributed by atoms with Gasteiger partial charge in [-0.3, -0.25) is 0 Å². The van der Waals surface area contributed by atoms with Crippen LogP contribution in [0.5, 0.6) is 0 Å². The van der Waals surface area contributed by atoms with Crippen molar-refractivity contribution in [1.29, 1.82) is 0 Å². The van der Waals surface area contributed by atoms with Crippen LogP contribution in [-0.4, -0.2) is 13.1 Å². The van der Waals surface area contributed by atoms with Crippen molar-refractivity contribution in [3.8, 4) is 0 Å². The molecular weight excluding hydrogens is 304 g/mol. The van der Waals surface area contributed by atoms with Gasteiger partial charge in [0, 0.05) is 13.1 Å². The van der Waals surface area contributed by atoms with Crippen LogP contribution in [0, 0.1) is 0 Å². The van der Waals surface area contributed by atoms with E-state index < -0.39 is 0 Å². The van der Waals surface area contributed by atoms with Gasteiger partial charge in [0.05, 0.1) is 5.82 Å². The summed E-state index contributed by atoms with van der Waals surface area (Å²) in [6, 6.07) is 17.7. The lowest BCUT2D eigenvalue weighted by atomic mass is 9.93. The molecule has 2 aromatic carbocycles. The molecule has 0 radical (unpaired) electrons. The fourth-order valence-electron chi connectivity index (χ4n) is 3.41. The van der Waals surface area contributed by atoms with Gasteiger partial charge in [0.1, 0.15) is 0 Å². The van der Waals surface area contributed by atoms with Gasteiger partial charge in [-0.05, 0) is 53.5 Å². The Morgan fingerprint density at radius 3 is 2.08 bits per heavy atom. The van der Waals surface area contributed by atoms with Crippen LogP contribution in [-0.2, 0) is 12.8 Å². The fourth-order valence-corrected chi connectivity index (χ4v) is 3.41. The van der Waals surface area contributed by atoms with Crippen molar-refractivity contribution < 1.29 is 0 Å². The molecule has 2 N–H and O–H groups in total. The summed E-state index contributed by atoms with van der Waals surface area (Å²) in [6.45, 7) is 8.04. The van der Waals surface area contributed by atoms with Crippen LogP contribution in [0.3, 0.4) is 0 Å². The number of nitrogens with one attached hydrogen (secondary N) is 2. The largest absolute Gasteiger partial charge is 0.372 e. The lowest BCUT2D eigenvalue weighted by molar-refractivity contribution is 0.676. The Morgan fingerprint density at radius 1 is 0.920 bits per heavy atom. The van der Waals surface area contributed by atoms with Crippen molar-refractivity contribution in [2.24, 2.45) is 0 Å². The monoisotopic (exact) mass is 332 g/mol. The Balaban J connectivity index is 1.78. The van der Waals surface area contributed by atoms with Crippen LogP contribution in [0.25, 0.3) is 5.57 Å². The molecule has 3 rings (SSSR count). The minimum Gasteiger partial charge on any atom is -0.372 e. The minimum atomic E-state index is 0.892. The second-order valence-corrected chi connectivity index (χ2v) is 6.55. The first kappa shape index (κ1) is 17.3. The second kappa shape index (κ2) is 8.57. The molecule has 2 aromatic rings. The lowest BCUT2D eigenvalue weighted by Gasteiger charge is -2.13. The molecule has 1 aliphatic carbocycles. The first-order chi connectivity index (χ1) is 12.3. The zero-order chi connectivity index (χ0) is 17.5. The zero-order valence-corrected chi connectivity index (χ0v) is 15.1. The third kappa shape index (κ3) is 4.33. The predicted molar refractivity (Wildman–Crippen MR) is 107 cm³/mol. The van der Waals surface area contributed by atoms with Crippen molar-refractivity contribution in [3.63, 3.8) is 0 Å². The van der Waals surface area contributed by atoms with Gasteiger partial charge in [-0.25, -0.2) is 0 Å². The molecule has 0 saturated carbocycles. The van der Waals surface area contributed by atoms with E-state index in [1.807, 2.05) is 0 Å². The van der Waals surface area contributed by atoms with Crippen LogP contribution in [0.1, 0.15) is 42.0 Å². The Bertz CT molecular complexity index is 709. The molecule has 0 bridgehead atoms. The first-order valence-corrected chi connectivity index (χ1v) is 9.33. The highest BCUT2D eigenvalue weighted by atomic mass is 15.1. The van der Waals surface area contributed by atoms with E-state index in [1.165, 1.54) is 27.8 Å². The molecule has 0 spiro atoms. The quantitative estimate of drug-likeness (QED) is 0.720. The van der Waals surface area contributed by atoms with E-state index >= 15 is 0 Å². The number of rotatable bonds is 7. The SMILES string of the molecule is C=C(NCCC)NCCC=C1c2ccccc2CCc2ccccc21. The molecule has 0 aliphatic heterocycles. The second-order valence-electron chi connectivity index (χ2n) is 6.55. The molecule has 0 unspecified atom stereocenters. The number of benzene rings is 2. The summed E-state index contributed by atoms with van der Waals surface area (Å²) in [7, 11) is 0. The highest BCUT2D eigenvalue weighted by Gasteiger charge is 2.16. The first-order valence-electron chi connectivity index (χ1n) is 9.33. The summed E-state index contributed by atoms with van der Waals surface area (Å²) in [4.78, 5) is 0. The number of hydrogen-bond acceptors (Lipinski definition) is 2. The fraction of sp³-hybridized carbons (Fsp3) is 0.304. The zero-order valence-electron chi connectivity index (χ0n) is 15.1. The predicted octanol–water partition coefficient (Wildman–Crippen LogP) is 4.67. The highest BCUT2D eigenvalue weighted by molar-refractivity contribution is 5.83. The summed E-state index contributed by atoms with van der Waals surface area (Å²) in [5.41, 5.74) is 7.04. The van der Waals surface area contributed by atoms with Crippen molar-refractivity contribution in [1.82, 2.24) is 10.6 Å². The van der Waals surface area contributed by atoms with E-state index in [9.17, 15) is 0 Å². The lowest BCUT2D eigenvalue weighted by Crippen LogP contribution is -2.26. The Hall–Kier alpha value is -2.48. The summed E-state index contributed by atoms with van der Waals surface area (Å²) in [5, 5.41) is 6.66. The van der Waals surface area contributed by atoms with E-state index in [0.717, 1.165) is 44.6 Å². The van der Waals surface area contributed by atoms with Gasteiger partial charge in [-0.1, -0.05) is 68.1 Å². The Labute approximate surface area is 151 Å². The van der Waals surface area contributed by atoms with Crippen molar-refractivity contribution in [2.45, 2.75) is 32.6 Å². The van der Waals surface area contributed by atoms with Crippen LogP contribution in [0.2, 0.25) is 0 Å². The number of hydrogen-bond donors (Lipinski definition) is 2. The third-order valence-corrected chi connectivity index (χ3v) is 4.70. The molecule has 0 amide bonds. The molecule has 1 aliphatic rings. The molecule has 25 heavy (non-hydrogen) atoms. The van der Waals surface area contributed by atoms with Crippen LogP contribution < -0.4 is 10.6 Å². The Kier molecular flexibility index (Phi) is 5.95. The molecule has 0 saturated heterocycles. The molecular formula is C23H28N2. The molecule has 0 aromatic heterocycles. The third-order valence-electron chi connectivity index (χ3n) is 4.70. The molecule has 130 valence electrons. The Morgan fingerprint density at radius 2 is 1.48 bits per heavy atom. The van der Waals surface area contributed by atoms with Crippen LogP contribution >= 0.6 is 0 Å². The van der Waals surface area contributed by atoms with E-state index in [1.54, 1.807) is 0 Å². The van der Waals surface area contributed by atoms with Crippen molar-refractivity contribution in [2.75, 3.05) is 13.1 Å². The molecule has 2 heteroatoms. The van der Waals surface area contributed by atoms with Crippen molar-refractivity contribution >= 4 is 5.57 Å². The van der Waals surface area contributed by atoms with E-state index in [2.05, 4.69) is 78.7 Å². The minimum absolute atomic E-state index is 0.892. The highest BCUT2D eigenvalue weighted by Crippen LogP contribution is 2.33.